The zero-order chi connectivity index (χ0) is 7.84. The summed E-state index contributed by atoms with van der Waals surface area (Å²) < 4.78 is 0. The average Bonchev–Trinajstić information content (AvgIpc) is 2.69. The van der Waals surface area contributed by atoms with E-state index in [9.17, 15) is 4.79 Å². The third kappa shape index (κ3) is 1.18. The molecule has 1 fully saturated rings. The Balaban J connectivity index is 2.27. The van der Waals surface area contributed by atoms with Crippen molar-refractivity contribution in [1.29, 1.82) is 0 Å². The highest BCUT2D eigenvalue weighted by atomic mass is 16.1. The van der Waals surface area contributed by atoms with E-state index in [1.807, 2.05) is 12.1 Å². The second-order valence-electron chi connectivity index (χ2n) is 3.13. The number of carbonyl (C=O) groups is 1. The molecule has 0 aliphatic heterocycles. The summed E-state index contributed by atoms with van der Waals surface area (Å²) in [5.41, 5.74) is 2.43. The quantitative estimate of drug-likeness (QED) is 0.592. The molecule has 1 saturated carbocycles. The van der Waals surface area contributed by atoms with Crippen LogP contribution < -0.4 is 0 Å². The Hall–Kier alpha value is -1.11. The van der Waals surface area contributed by atoms with Gasteiger partial charge < -0.3 is 0 Å². The number of Topliss-reactive ketones (excluding diaryl/α,β-unsaturated/α-hetero) is 1. The molecular formula is C10H10O. The normalized spacial score (nSPS) is 21.9. The molecule has 11 heavy (non-hydrogen) atoms. The van der Waals surface area contributed by atoms with Gasteiger partial charge in [-0.25, -0.2) is 0 Å². The van der Waals surface area contributed by atoms with Crippen molar-refractivity contribution in [1.82, 2.24) is 0 Å². The van der Waals surface area contributed by atoms with Crippen molar-refractivity contribution in [2.45, 2.75) is 19.3 Å². The molecule has 0 radical (unpaired) electrons. The van der Waals surface area contributed by atoms with Gasteiger partial charge >= 0.3 is 0 Å². The summed E-state index contributed by atoms with van der Waals surface area (Å²) in [5.74, 6) is 0.615. The van der Waals surface area contributed by atoms with E-state index in [2.05, 4.69) is 19.1 Å². The maximum atomic E-state index is 10.8. The molecule has 1 nitrogen and oxygen atoms in total. The van der Waals surface area contributed by atoms with Crippen LogP contribution in [0.5, 0.6) is 0 Å². The third-order valence-electron chi connectivity index (χ3n) is 2.11. The molecule has 1 aromatic rings. The second kappa shape index (κ2) is 2.19. The number of hydrogen-bond acceptors (Lipinski definition) is 1. The number of ketones is 1. The number of benzene rings is 1. The largest absolute Gasteiger partial charge is 0.299 e. The Bertz CT molecular complexity index is 284. The molecule has 0 heterocycles. The van der Waals surface area contributed by atoms with E-state index in [1.54, 1.807) is 0 Å². The lowest BCUT2D eigenvalue weighted by molar-refractivity contribution is -0.110. The van der Waals surface area contributed by atoms with Crippen molar-refractivity contribution < 1.29 is 4.79 Å². The van der Waals surface area contributed by atoms with Crippen molar-refractivity contribution in [2.24, 2.45) is 0 Å². The van der Waals surface area contributed by atoms with Crippen LogP contribution in [0, 0.1) is 6.92 Å². The van der Waals surface area contributed by atoms with Crippen molar-refractivity contribution in [3.05, 3.63) is 35.4 Å². The Kier molecular flexibility index (Phi) is 1.31. The van der Waals surface area contributed by atoms with Crippen molar-refractivity contribution in [2.75, 3.05) is 0 Å². The standard InChI is InChI=1S/C10H10O/c1-7-2-4-8(5-3-7)9-6-10(9)11/h2-5,9H,6H2,1H3. The third-order valence-corrected chi connectivity index (χ3v) is 2.11. The van der Waals surface area contributed by atoms with Gasteiger partial charge in [0.1, 0.15) is 5.78 Å². The highest BCUT2D eigenvalue weighted by Crippen LogP contribution is 2.35. The summed E-state index contributed by atoms with van der Waals surface area (Å²) in [4.78, 5) is 10.8. The number of carbonyl (C=O) groups excluding carboxylic acids is 1. The van der Waals surface area contributed by atoms with E-state index < -0.39 is 0 Å². The fourth-order valence-electron chi connectivity index (χ4n) is 1.24. The minimum atomic E-state index is 0.232. The SMILES string of the molecule is Cc1ccc(C2CC2=O)cc1. The number of aryl methyl sites for hydroxylation is 1. The van der Waals surface area contributed by atoms with Crippen LogP contribution in [0.3, 0.4) is 0 Å². The van der Waals surface area contributed by atoms with Gasteiger partial charge in [-0.3, -0.25) is 4.79 Å². The molecule has 0 amide bonds. The van der Waals surface area contributed by atoms with Gasteiger partial charge in [-0.05, 0) is 12.5 Å². The van der Waals surface area contributed by atoms with E-state index in [1.165, 1.54) is 11.1 Å². The molecule has 1 unspecified atom stereocenters. The monoisotopic (exact) mass is 146 g/mol. The van der Waals surface area contributed by atoms with Gasteiger partial charge in [-0.1, -0.05) is 29.8 Å². The molecule has 1 aliphatic rings. The molecule has 1 aromatic carbocycles. The molecule has 0 spiro atoms. The zero-order valence-corrected chi connectivity index (χ0v) is 6.50. The molecule has 56 valence electrons. The first-order valence-corrected chi connectivity index (χ1v) is 3.86. The van der Waals surface area contributed by atoms with E-state index in [0.29, 0.717) is 5.78 Å². The Labute approximate surface area is 66.0 Å². The lowest BCUT2D eigenvalue weighted by Crippen LogP contribution is -1.81. The topological polar surface area (TPSA) is 17.1 Å². The van der Waals surface area contributed by atoms with E-state index >= 15 is 0 Å². The van der Waals surface area contributed by atoms with Crippen molar-refractivity contribution in [3.63, 3.8) is 0 Å². The minimum Gasteiger partial charge on any atom is -0.299 e. The molecule has 0 N–H and O–H groups in total. The van der Waals surface area contributed by atoms with Gasteiger partial charge in [-0.2, -0.15) is 0 Å². The van der Waals surface area contributed by atoms with Crippen LogP contribution in [0.2, 0.25) is 0 Å². The Morgan fingerprint density at radius 3 is 2.27 bits per heavy atom. The summed E-state index contributed by atoms with van der Waals surface area (Å²) in [5, 5.41) is 0. The van der Waals surface area contributed by atoms with Crippen LogP contribution in [-0.2, 0) is 4.79 Å². The van der Waals surface area contributed by atoms with Gasteiger partial charge in [0, 0.05) is 12.3 Å². The summed E-state index contributed by atoms with van der Waals surface area (Å²) in [6.07, 6.45) is 0.753. The number of hydrogen-bond donors (Lipinski definition) is 0. The molecule has 1 aliphatic carbocycles. The van der Waals surface area contributed by atoms with E-state index in [4.69, 9.17) is 0 Å². The van der Waals surface area contributed by atoms with Gasteiger partial charge in [0.25, 0.3) is 0 Å². The van der Waals surface area contributed by atoms with Gasteiger partial charge in [0.05, 0.1) is 0 Å². The first-order valence-electron chi connectivity index (χ1n) is 3.86. The fourth-order valence-corrected chi connectivity index (χ4v) is 1.24. The summed E-state index contributed by atoms with van der Waals surface area (Å²) in [6, 6.07) is 8.21. The Morgan fingerprint density at radius 1 is 1.27 bits per heavy atom. The van der Waals surface area contributed by atoms with Crippen molar-refractivity contribution >= 4 is 5.78 Å². The predicted octanol–water partition coefficient (Wildman–Crippen LogP) is 2.05. The van der Waals surface area contributed by atoms with Crippen LogP contribution in [0.25, 0.3) is 0 Å². The summed E-state index contributed by atoms with van der Waals surface area (Å²) in [7, 11) is 0. The smallest absolute Gasteiger partial charge is 0.141 e. The first kappa shape index (κ1) is 6.59. The molecule has 1 atom stereocenters. The minimum absolute atomic E-state index is 0.232. The Morgan fingerprint density at radius 2 is 1.82 bits per heavy atom. The first-order chi connectivity index (χ1) is 5.27. The van der Waals surface area contributed by atoms with Gasteiger partial charge in [0.2, 0.25) is 0 Å². The van der Waals surface area contributed by atoms with Crippen LogP contribution in [-0.4, -0.2) is 5.78 Å². The van der Waals surface area contributed by atoms with Gasteiger partial charge in [-0.15, -0.1) is 0 Å². The van der Waals surface area contributed by atoms with Crippen LogP contribution in [0.4, 0.5) is 0 Å². The number of rotatable bonds is 1. The van der Waals surface area contributed by atoms with E-state index in [-0.39, 0.29) is 5.92 Å². The van der Waals surface area contributed by atoms with E-state index in [0.717, 1.165) is 6.42 Å². The highest BCUT2D eigenvalue weighted by molar-refractivity contribution is 6.01. The van der Waals surface area contributed by atoms with Crippen LogP contribution >= 0.6 is 0 Å². The molecule has 0 bridgehead atoms. The average molecular weight is 146 g/mol. The molecular weight excluding hydrogens is 136 g/mol. The van der Waals surface area contributed by atoms with Crippen LogP contribution in [0.1, 0.15) is 23.5 Å². The maximum Gasteiger partial charge on any atom is 0.141 e. The van der Waals surface area contributed by atoms with Crippen LogP contribution in [0.15, 0.2) is 24.3 Å². The molecule has 0 aromatic heterocycles. The molecule has 0 saturated heterocycles. The highest BCUT2D eigenvalue weighted by Gasteiger charge is 2.35. The lowest BCUT2D eigenvalue weighted by atomic mass is 10.1. The lowest BCUT2D eigenvalue weighted by Gasteiger charge is -1.95. The van der Waals surface area contributed by atoms with Crippen molar-refractivity contribution in [3.8, 4) is 0 Å². The summed E-state index contributed by atoms with van der Waals surface area (Å²) >= 11 is 0. The maximum absolute atomic E-state index is 10.8. The zero-order valence-electron chi connectivity index (χ0n) is 6.50. The fraction of sp³-hybridized carbons (Fsp3) is 0.300. The molecule has 2 rings (SSSR count). The predicted molar refractivity (Wildman–Crippen MR) is 43.5 cm³/mol. The molecule has 1 heteroatoms. The van der Waals surface area contributed by atoms with Gasteiger partial charge in [0.15, 0.2) is 0 Å². The second-order valence-corrected chi connectivity index (χ2v) is 3.13. The summed E-state index contributed by atoms with van der Waals surface area (Å²) in [6.45, 7) is 2.05.